The van der Waals surface area contributed by atoms with Crippen LogP contribution in [0.5, 0.6) is 0 Å². The zero-order valence-corrected chi connectivity index (χ0v) is 19.0. The standard InChI is InChI=1S/C24H25FN6O4/c25-17-5-3-4-16(14-17)24(8-1-2-9-24)22(33)28-23-30-29-21(35-23)20(32)27-18-6-7-19(26-15-18)31-10-12-34-13-11-31/h3-7,14-15H,1-2,8-13H2,(H,27,32)(H,28,30,33). The molecule has 3 heterocycles. The molecule has 0 spiro atoms. The van der Waals surface area contributed by atoms with E-state index in [9.17, 15) is 14.0 Å². The molecule has 1 aromatic carbocycles. The van der Waals surface area contributed by atoms with Gasteiger partial charge in [-0.05, 0) is 42.7 Å². The molecule has 2 N–H and O–H groups in total. The van der Waals surface area contributed by atoms with Gasteiger partial charge in [0.1, 0.15) is 11.6 Å². The third-order valence-corrected chi connectivity index (χ3v) is 6.45. The molecule has 1 aliphatic heterocycles. The topological polar surface area (TPSA) is 122 Å². The predicted octanol–water partition coefficient (Wildman–Crippen LogP) is 3.14. The Morgan fingerprint density at radius 2 is 1.83 bits per heavy atom. The van der Waals surface area contributed by atoms with Crippen molar-refractivity contribution < 1.29 is 23.1 Å². The van der Waals surface area contributed by atoms with Gasteiger partial charge in [-0.1, -0.05) is 30.1 Å². The van der Waals surface area contributed by atoms with Gasteiger partial charge in [0.05, 0.1) is 30.5 Å². The van der Waals surface area contributed by atoms with Crippen LogP contribution in [-0.4, -0.2) is 53.3 Å². The molecule has 0 atom stereocenters. The summed E-state index contributed by atoms with van der Waals surface area (Å²) >= 11 is 0. The number of pyridine rings is 1. The van der Waals surface area contributed by atoms with E-state index in [0.717, 1.165) is 31.7 Å². The minimum Gasteiger partial charge on any atom is -0.399 e. The summed E-state index contributed by atoms with van der Waals surface area (Å²) in [5.41, 5.74) is 0.192. The largest absolute Gasteiger partial charge is 0.399 e. The number of carbonyl (C=O) groups excluding carboxylic acids is 2. The maximum Gasteiger partial charge on any atom is 0.322 e. The van der Waals surface area contributed by atoms with Gasteiger partial charge in [0.15, 0.2) is 0 Å². The molecule has 5 rings (SSSR count). The summed E-state index contributed by atoms with van der Waals surface area (Å²) in [5.74, 6) is -0.887. The first-order valence-electron chi connectivity index (χ1n) is 11.5. The smallest absolute Gasteiger partial charge is 0.322 e. The highest BCUT2D eigenvalue weighted by Crippen LogP contribution is 2.42. The molecule has 1 saturated carbocycles. The van der Waals surface area contributed by atoms with E-state index in [4.69, 9.17) is 9.15 Å². The van der Waals surface area contributed by atoms with E-state index in [-0.39, 0.29) is 17.8 Å². The highest BCUT2D eigenvalue weighted by molar-refractivity contribution is 6.01. The Hall–Kier alpha value is -3.86. The molecule has 1 saturated heterocycles. The first-order valence-corrected chi connectivity index (χ1v) is 11.5. The Morgan fingerprint density at radius 3 is 2.54 bits per heavy atom. The van der Waals surface area contributed by atoms with Gasteiger partial charge in [-0.25, -0.2) is 9.37 Å². The number of ether oxygens (including phenoxy) is 1. The average molecular weight is 481 g/mol. The lowest BCUT2D eigenvalue weighted by Gasteiger charge is -2.27. The molecule has 2 aromatic heterocycles. The second kappa shape index (κ2) is 9.79. The molecule has 2 aliphatic rings. The molecule has 0 unspecified atom stereocenters. The molecule has 1 aliphatic carbocycles. The van der Waals surface area contributed by atoms with Crippen molar-refractivity contribution in [1.82, 2.24) is 15.2 Å². The predicted molar refractivity (Wildman–Crippen MR) is 125 cm³/mol. The number of benzene rings is 1. The Labute approximate surface area is 200 Å². The zero-order valence-electron chi connectivity index (χ0n) is 19.0. The quantitative estimate of drug-likeness (QED) is 0.552. The summed E-state index contributed by atoms with van der Waals surface area (Å²) in [7, 11) is 0. The van der Waals surface area contributed by atoms with Crippen molar-refractivity contribution in [1.29, 1.82) is 0 Å². The van der Waals surface area contributed by atoms with Crippen molar-refractivity contribution in [3.8, 4) is 0 Å². The second-order valence-corrected chi connectivity index (χ2v) is 8.62. The molecule has 2 amide bonds. The number of halogens is 1. The number of nitrogens with zero attached hydrogens (tertiary/aromatic N) is 4. The molecule has 11 heteroatoms. The molecular weight excluding hydrogens is 455 g/mol. The third kappa shape index (κ3) is 4.85. The van der Waals surface area contributed by atoms with Crippen LogP contribution in [-0.2, 0) is 14.9 Å². The number of aromatic nitrogens is 3. The van der Waals surface area contributed by atoms with E-state index >= 15 is 0 Å². The molecule has 0 radical (unpaired) electrons. The fourth-order valence-corrected chi connectivity index (χ4v) is 4.62. The summed E-state index contributed by atoms with van der Waals surface area (Å²) in [6.07, 6.45) is 4.40. The molecule has 2 fully saturated rings. The lowest BCUT2D eigenvalue weighted by Crippen LogP contribution is -2.38. The number of rotatable bonds is 6. The van der Waals surface area contributed by atoms with Crippen molar-refractivity contribution >= 4 is 29.3 Å². The van der Waals surface area contributed by atoms with Crippen molar-refractivity contribution in [2.24, 2.45) is 0 Å². The summed E-state index contributed by atoms with van der Waals surface area (Å²) < 4.78 is 24.6. The fourth-order valence-electron chi connectivity index (χ4n) is 4.62. The molecular formula is C24H25FN6O4. The van der Waals surface area contributed by atoms with Crippen LogP contribution in [0.2, 0.25) is 0 Å². The zero-order chi connectivity index (χ0) is 24.3. The van der Waals surface area contributed by atoms with E-state index in [1.54, 1.807) is 24.4 Å². The third-order valence-electron chi connectivity index (χ3n) is 6.45. The van der Waals surface area contributed by atoms with Gasteiger partial charge in [-0.2, -0.15) is 0 Å². The first-order chi connectivity index (χ1) is 17.0. The number of hydrogen-bond acceptors (Lipinski definition) is 8. The Balaban J connectivity index is 1.24. The van der Waals surface area contributed by atoms with Crippen molar-refractivity contribution in [2.45, 2.75) is 31.1 Å². The van der Waals surface area contributed by atoms with Gasteiger partial charge in [0.25, 0.3) is 0 Å². The fraction of sp³-hybridized carbons (Fsp3) is 0.375. The van der Waals surface area contributed by atoms with E-state index in [1.807, 2.05) is 6.07 Å². The van der Waals surface area contributed by atoms with Gasteiger partial charge < -0.3 is 19.4 Å². The molecule has 35 heavy (non-hydrogen) atoms. The Bertz CT molecular complexity index is 1200. The summed E-state index contributed by atoms with van der Waals surface area (Å²) in [6.45, 7) is 2.82. The molecule has 0 bridgehead atoms. The van der Waals surface area contributed by atoms with Crippen LogP contribution in [0, 0.1) is 5.82 Å². The van der Waals surface area contributed by atoms with Crippen LogP contribution in [0.1, 0.15) is 41.9 Å². The van der Waals surface area contributed by atoms with Gasteiger partial charge in [-0.15, -0.1) is 5.10 Å². The molecule has 3 aromatic rings. The van der Waals surface area contributed by atoms with Crippen LogP contribution in [0.3, 0.4) is 0 Å². The lowest BCUT2D eigenvalue weighted by atomic mass is 9.78. The van der Waals surface area contributed by atoms with Gasteiger partial charge >= 0.3 is 17.8 Å². The van der Waals surface area contributed by atoms with Gasteiger partial charge in [0.2, 0.25) is 5.91 Å². The minimum absolute atomic E-state index is 0.191. The Kier molecular flexibility index (Phi) is 6.41. The van der Waals surface area contributed by atoms with E-state index in [2.05, 4.69) is 30.7 Å². The average Bonchev–Trinajstić information content (AvgIpc) is 3.56. The maximum absolute atomic E-state index is 13.8. The lowest BCUT2D eigenvalue weighted by molar-refractivity contribution is -0.121. The maximum atomic E-state index is 13.8. The highest BCUT2D eigenvalue weighted by atomic mass is 19.1. The van der Waals surface area contributed by atoms with Crippen LogP contribution in [0.4, 0.5) is 21.9 Å². The number of nitrogens with one attached hydrogen (secondary N) is 2. The summed E-state index contributed by atoms with van der Waals surface area (Å²) in [4.78, 5) is 32.2. The second-order valence-electron chi connectivity index (χ2n) is 8.62. The van der Waals surface area contributed by atoms with E-state index in [0.29, 0.717) is 37.3 Å². The van der Waals surface area contributed by atoms with Crippen molar-refractivity contribution in [3.63, 3.8) is 0 Å². The van der Waals surface area contributed by atoms with Crippen LogP contribution in [0.25, 0.3) is 0 Å². The molecule has 182 valence electrons. The normalized spacial score (nSPS) is 17.2. The van der Waals surface area contributed by atoms with Crippen molar-refractivity contribution in [2.75, 3.05) is 41.8 Å². The number of hydrogen-bond donors (Lipinski definition) is 2. The van der Waals surface area contributed by atoms with E-state index < -0.39 is 17.1 Å². The van der Waals surface area contributed by atoms with Crippen LogP contribution < -0.4 is 15.5 Å². The Morgan fingerprint density at radius 1 is 1.03 bits per heavy atom. The molecule has 10 nitrogen and oxygen atoms in total. The monoisotopic (exact) mass is 480 g/mol. The number of anilines is 3. The number of amides is 2. The van der Waals surface area contributed by atoms with Gasteiger partial charge in [-0.3, -0.25) is 14.9 Å². The summed E-state index contributed by atoms with van der Waals surface area (Å²) in [5, 5.41) is 12.8. The van der Waals surface area contributed by atoms with Crippen LogP contribution in [0.15, 0.2) is 47.0 Å². The van der Waals surface area contributed by atoms with Crippen molar-refractivity contribution in [3.05, 3.63) is 59.9 Å². The minimum atomic E-state index is -0.882. The first kappa shape index (κ1) is 22.9. The van der Waals surface area contributed by atoms with E-state index in [1.165, 1.54) is 12.1 Å². The summed E-state index contributed by atoms with van der Waals surface area (Å²) in [6, 6.07) is 9.43. The van der Waals surface area contributed by atoms with Crippen LogP contribution >= 0.6 is 0 Å². The number of carbonyl (C=O) groups is 2. The number of morpholine rings is 1. The SMILES string of the molecule is O=C(Nc1ccc(N2CCOCC2)nc1)c1nnc(NC(=O)C2(c3cccc(F)c3)CCCC2)o1. The van der Waals surface area contributed by atoms with Gasteiger partial charge in [0, 0.05) is 13.1 Å². The highest BCUT2D eigenvalue weighted by Gasteiger charge is 2.43.